The van der Waals surface area contributed by atoms with Gasteiger partial charge in [-0.1, -0.05) is 24.6 Å². The molecule has 3 nitrogen and oxygen atoms in total. The Morgan fingerprint density at radius 2 is 2.29 bits per heavy atom. The van der Waals surface area contributed by atoms with Crippen LogP contribution in [-0.2, 0) is 4.74 Å². The van der Waals surface area contributed by atoms with Gasteiger partial charge in [-0.15, -0.1) is 0 Å². The molecule has 0 aromatic carbocycles. The third-order valence-electron chi connectivity index (χ3n) is 3.09. The SMILES string of the molecule is COCCN1C(=O)SC2CCCCC21. The van der Waals surface area contributed by atoms with Crippen LogP contribution in [0, 0.1) is 0 Å². The Kier molecular flexibility index (Phi) is 3.34. The van der Waals surface area contributed by atoms with Gasteiger partial charge in [-0.05, 0) is 12.8 Å². The summed E-state index contributed by atoms with van der Waals surface area (Å²) in [6.45, 7) is 1.43. The molecule has 2 aliphatic rings. The molecule has 2 fully saturated rings. The van der Waals surface area contributed by atoms with Crippen molar-refractivity contribution in [1.82, 2.24) is 4.90 Å². The first kappa shape index (κ1) is 10.3. The molecular formula is C10H17NO2S. The number of rotatable bonds is 3. The van der Waals surface area contributed by atoms with Crippen molar-refractivity contribution in [3.8, 4) is 0 Å². The number of hydrogen-bond donors (Lipinski definition) is 0. The van der Waals surface area contributed by atoms with Crippen LogP contribution in [0.15, 0.2) is 0 Å². The van der Waals surface area contributed by atoms with Crippen LogP contribution in [0.25, 0.3) is 0 Å². The first-order valence-electron chi connectivity index (χ1n) is 5.29. The first-order chi connectivity index (χ1) is 6.83. The number of thioether (sulfide) groups is 1. The highest BCUT2D eigenvalue weighted by Gasteiger charge is 2.41. The molecule has 14 heavy (non-hydrogen) atoms. The van der Waals surface area contributed by atoms with Gasteiger partial charge in [0.25, 0.3) is 5.24 Å². The molecule has 0 aromatic rings. The van der Waals surface area contributed by atoms with E-state index in [0.717, 1.165) is 6.54 Å². The normalized spacial score (nSPS) is 32.1. The average Bonchev–Trinajstić information content (AvgIpc) is 2.51. The minimum absolute atomic E-state index is 0.263. The third kappa shape index (κ3) is 1.91. The predicted octanol–water partition coefficient (Wildman–Crippen LogP) is 2.11. The molecule has 0 aromatic heterocycles. The number of methoxy groups -OCH3 is 1. The summed E-state index contributed by atoms with van der Waals surface area (Å²) in [5.41, 5.74) is 0. The first-order valence-corrected chi connectivity index (χ1v) is 6.17. The minimum Gasteiger partial charge on any atom is -0.383 e. The Hall–Kier alpha value is -0.220. The lowest BCUT2D eigenvalue weighted by atomic mass is 9.94. The molecule has 0 N–H and O–H groups in total. The lowest BCUT2D eigenvalue weighted by Crippen LogP contribution is -2.40. The largest absolute Gasteiger partial charge is 0.383 e. The van der Waals surface area contributed by atoms with E-state index in [1.54, 1.807) is 7.11 Å². The topological polar surface area (TPSA) is 29.5 Å². The molecule has 80 valence electrons. The lowest BCUT2D eigenvalue weighted by molar-refractivity contribution is 0.136. The van der Waals surface area contributed by atoms with Crippen LogP contribution >= 0.6 is 11.8 Å². The number of carbonyl (C=O) groups excluding carboxylic acids is 1. The van der Waals surface area contributed by atoms with E-state index < -0.39 is 0 Å². The van der Waals surface area contributed by atoms with Gasteiger partial charge in [0, 0.05) is 24.9 Å². The molecule has 1 heterocycles. The zero-order chi connectivity index (χ0) is 9.97. The third-order valence-corrected chi connectivity index (χ3v) is 4.38. The maximum atomic E-state index is 11.7. The van der Waals surface area contributed by atoms with Crippen LogP contribution in [0.5, 0.6) is 0 Å². The zero-order valence-corrected chi connectivity index (χ0v) is 9.39. The highest BCUT2D eigenvalue weighted by Crippen LogP contribution is 2.39. The summed E-state index contributed by atoms with van der Waals surface area (Å²) in [5.74, 6) is 0. The number of carbonyl (C=O) groups is 1. The highest BCUT2D eigenvalue weighted by molar-refractivity contribution is 8.14. The van der Waals surface area contributed by atoms with Crippen molar-refractivity contribution in [2.24, 2.45) is 0 Å². The van der Waals surface area contributed by atoms with Crippen molar-refractivity contribution in [3.05, 3.63) is 0 Å². The van der Waals surface area contributed by atoms with Crippen LogP contribution in [-0.4, -0.2) is 41.7 Å². The summed E-state index contributed by atoms with van der Waals surface area (Å²) in [4.78, 5) is 13.7. The van der Waals surface area contributed by atoms with E-state index in [2.05, 4.69) is 0 Å². The fourth-order valence-electron chi connectivity index (χ4n) is 2.35. The van der Waals surface area contributed by atoms with Gasteiger partial charge in [-0.2, -0.15) is 0 Å². The quantitative estimate of drug-likeness (QED) is 0.722. The van der Waals surface area contributed by atoms with Crippen molar-refractivity contribution in [2.45, 2.75) is 37.0 Å². The molecule has 2 unspecified atom stereocenters. The van der Waals surface area contributed by atoms with Crippen molar-refractivity contribution in [2.75, 3.05) is 20.3 Å². The second kappa shape index (κ2) is 4.53. The summed E-state index contributed by atoms with van der Waals surface area (Å²) >= 11 is 1.54. The van der Waals surface area contributed by atoms with Crippen molar-refractivity contribution in [3.63, 3.8) is 0 Å². The molecule has 0 spiro atoms. The van der Waals surface area contributed by atoms with E-state index in [4.69, 9.17) is 4.74 Å². The molecule has 4 heteroatoms. The number of nitrogens with zero attached hydrogens (tertiary/aromatic N) is 1. The highest BCUT2D eigenvalue weighted by atomic mass is 32.2. The molecule has 1 saturated carbocycles. The Bertz CT molecular complexity index is 222. The molecule has 0 radical (unpaired) electrons. The molecule has 1 amide bonds. The molecule has 2 atom stereocenters. The fraction of sp³-hybridized carbons (Fsp3) is 0.900. The Balaban J connectivity index is 1.96. The summed E-state index contributed by atoms with van der Waals surface area (Å²) in [6.07, 6.45) is 4.97. The Labute approximate surface area is 89.2 Å². The van der Waals surface area contributed by atoms with Gasteiger partial charge in [0.15, 0.2) is 0 Å². The van der Waals surface area contributed by atoms with Crippen molar-refractivity contribution in [1.29, 1.82) is 0 Å². The molecule has 2 rings (SSSR count). The number of fused-ring (bicyclic) bond motifs is 1. The van der Waals surface area contributed by atoms with E-state index in [-0.39, 0.29) is 5.24 Å². The van der Waals surface area contributed by atoms with E-state index in [1.807, 2.05) is 4.90 Å². The van der Waals surface area contributed by atoms with Gasteiger partial charge in [-0.3, -0.25) is 4.79 Å². The van der Waals surface area contributed by atoms with Crippen LogP contribution in [0.4, 0.5) is 4.79 Å². The van der Waals surface area contributed by atoms with Crippen molar-refractivity contribution >= 4 is 17.0 Å². The maximum Gasteiger partial charge on any atom is 0.282 e. The predicted molar refractivity (Wildman–Crippen MR) is 57.6 cm³/mol. The zero-order valence-electron chi connectivity index (χ0n) is 8.57. The smallest absolute Gasteiger partial charge is 0.282 e. The van der Waals surface area contributed by atoms with Crippen LogP contribution in [0.2, 0.25) is 0 Å². The number of ether oxygens (including phenoxy) is 1. The van der Waals surface area contributed by atoms with Gasteiger partial charge < -0.3 is 9.64 Å². The van der Waals surface area contributed by atoms with Gasteiger partial charge in [-0.25, -0.2) is 0 Å². The molecule has 1 aliphatic heterocycles. The van der Waals surface area contributed by atoms with Gasteiger partial charge >= 0.3 is 0 Å². The maximum absolute atomic E-state index is 11.7. The number of amides is 1. The second-order valence-corrected chi connectivity index (χ2v) is 5.15. The summed E-state index contributed by atoms with van der Waals surface area (Å²) in [7, 11) is 1.69. The summed E-state index contributed by atoms with van der Waals surface area (Å²) in [6, 6.07) is 0.497. The molecule has 1 aliphatic carbocycles. The monoisotopic (exact) mass is 215 g/mol. The van der Waals surface area contributed by atoms with E-state index in [1.165, 1.54) is 37.4 Å². The minimum atomic E-state index is 0.263. The van der Waals surface area contributed by atoms with Gasteiger partial charge in [0.05, 0.1) is 6.61 Å². The van der Waals surface area contributed by atoms with Crippen LogP contribution < -0.4 is 0 Å². The average molecular weight is 215 g/mol. The molecule has 1 saturated heterocycles. The summed E-state index contributed by atoms with van der Waals surface area (Å²) in [5, 5.41) is 0.826. The lowest BCUT2D eigenvalue weighted by Gasteiger charge is -2.30. The summed E-state index contributed by atoms with van der Waals surface area (Å²) < 4.78 is 5.03. The molecular weight excluding hydrogens is 198 g/mol. The second-order valence-electron chi connectivity index (χ2n) is 3.96. The van der Waals surface area contributed by atoms with Gasteiger partial charge in [0.1, 0.15) is 0 Å². The van der Waals surface area contributed by atoms with E-state index in [0.29, 0.717) is 17.9 Å². The fourth-order valence-corrected chi connectivity index (χ4v) is 3.70. The van der Waals surface area contributed by atoms with Crippen LogP contribution in [0.3, 0.4) is 0 Å². The Morgan fingerprint density at radius 1 is 1.50 bits per heavy atom. The van der Waals surface area contributed by atoms with Crippen molar-refractivity contribution < 1.29 is 9.53 Å². The molecule has 0 bridgehead atoms. The standard InChI is InChI=1S/C10H17NO2S/c1-13-7-6-11-8-4-2-3-5-9(8)14-10(11)12/h8-9H,2-7H2,1H3. The van der Waals surface area contributed by atoms with E-state index >= 15 is 0 Å². The number of hydrogen-bond acceptors (Lipinski definition) is 3. The van der Waals surface area contributed by atoms with E-state index in [9.17, 15) is 4.79 Å². The van der Waals surface area contributed by atoms with Crippen LogP contribution in [0.1, 0.15) is 25.7 Å². The Morgan fingerprint density at radius 3 is 3.07 bits per heavy atom. The van der Waals surface area contributed by atoms with Gasteiger partial charge in [0.2, 0.25) is 0 Å².